The van der Waals surface area contributed by atoms with E-state index in [0.29, 0.717) is 49.3 Å². The number of hydrogen-bond donors (Lipinski definition) is 1. The molecule has 4 aromatic rings. The molecule has 2 aromatic carbocycles. The molecule has 5 rings (SSSR count). The molecule has 0 spiro atoms. The molecule has 1 aliphatic rings. The fourth-order valence-corrected chi connectivity index (χ4v) is 4.75. The van der Waals surface area contributed by atoms with Crippen LogP contribution in [-0.4, -0.2) is 58.7 Å². The maximum Gasteiger partial charge on any atom is 0.321 e. The van der Waals surface area contributed by atoms with Crippen LogP contribution in [-0.2, 0) is 9.53 Å². The Bertz CT molecular complexity index is 1540. The van der Waals surface area contributed by atoms with Gasteiger partial charge in [-0.2, -0.15) is 13.9 Å². The number of ketones is 1. The van der Waals surface area contributed by atoms with E-state index in [2.05, 4.69) is 15.4 Å². The van der Waals surface area contributed by atoms with Gasteiger partial charge in [-0.25, -0.2) is 9.67 Å². The number of rotatable bonds is 10. The molecule has 2 aromatic heterocycles. The molecular weight excluding hydrogens is 534 g/mol. The van der Waals surface area contributed by atoms with Crippen LogP contribution in [0.3, 0.4) is 0 Å². The maximum atomic E-state index is 13.6. The molecule has 0 bridgehead atoms. The molecule has 1 aliphatic heterocycles. The van der Waals surface area contributed by atoms with E-state index in [0.717, 1.165) is 16.6 Å². The molecule has 0 aliphatic carbocycles. The second kappa shape index (κ2) is 11.6. The Labute approximate surface area is 235 Å². The first-order chi connectivity index (χ1) is 19.6. The van der Waals surface area contributed by atoms with Gasteiger partial charge in [0.25, 0.3) is 5.91 Å². The summed E-state index contributed by atoms with van der Waals surface area (Å²) in [4.78, 5) is 29.1. The average molecular weight is 565 g/mol. The summed E-state index contributed by atoms with van der Waals surface area (Å²) in [5.41, 5.74) is 2.67. The Balaban J connectivity index is 1.41. The molecule has 11 heteroatoms. The number of aromatic nitrogens is 3. The van der Waals surface area contributed by atoms with Crippen molar-refractivity contribution >= 4 is 22.6 Å². The quantitative estimate of drug-likeness (QED) is 0.273. The van der Waals surface area contributed by atoms with Crippen molar-refractivity contribution in [2.45, 2.75) is 38.3 Å². The maximum absolute atomic E-state index is 13.6. The molecule has 1 saturated heterocycles. The molecule has 1 unspecified atom stereocenters. The van der Waals surface area contributed by atoms with Crippen molar-refractivity contribution in [1.29, 1.82) is 0 Å². The number of methoxy groups -OCH3 is 1. The average Bonchev–Trinajstić information content (AvgIpc) is 3.65. The van der Waals surface area contributed by atoms with Gasteiger partial charge in [-0.05, 0) is 49.7 Å². The number of nitrogens with one attached hydrogen (secondary N) is 1. The number of amides is 1. The Morgan fingerprint density at radius 1 is 1.15 bits per heavy atom. The van der Waals surface area contributed by atoms with E-state index in [9.17, 15) is 18.4 Å². The van der Waals surface area contributed by atoms with Gasteiger partial charge in [-0.3, -0.25) is 9.59 Å². The molecule has 0 radical (unpaired) electrons. The minimum absolute atomic E-state index is 0.0533. The second-order valence-electron chi connectivity index (χ2n) is 10.1. The van der Waals surface area contributed by atoms with Crippen molar-refractivity contribution in [3.05, 3.63) is 78.1 Å². The molecule has 214 valence electrons. The van der Waals surface area contributed by atoms with Crippen LogP contribution in [0.1, 0.15) is 42.3 Å². The number of hydrogen-bond acceptors (Lipinski definition) is 7. The lowest BCUT2D eigenvalue weighted by molar-refractivity contribution is -0.144. The number of carbonyl (C=O) groups is 2. The van der Waals surface area contributed by atoms with Crippen LogP contribution in [0.5, 0.6) is 11.6 Å². The van der Waals surface area contributed by atoms with E-state index in [1.54, 1.807) is 48.1 Å². The first-order valence-electron chi connectivity index (χ1n) is 13.2. The number of fused-ring (bicyclic) bond motifs is 1. The van der Waals surface area contributed by atoms with Gasteiger partial charge >= 0.3 is 5.92 Å². The standard InChI is InChI=1S/C30H30F2N4O5/c1-18(35-29(38)30(2,31)32)28(20-7-10-26(39-3)33-15-20)41-24-8-9-25-22(14-24)16-34-36(25)23-6-4-5-19(13-23)27(37)21-11-12-40-17-21/h4-10,13-16,18,21,28H,11-12,17H2,1-3H3,(H,35,38)/t18-,21?,28-/m0/s1. The lowest BCUT2D eigenvalue weighted by atomic mass is 9.97. The van der Waals surface area contributed by atoms with Gasteiger partial charge in [-0.15, -0.1) is 0 Å². The third kappa shape index (κ3) is 6.19. The van der Waals surface area contributed by atoms with E-state index in [4.69, 9.17) is 14.2 Å². The summed E-state index contributed by atoms with van der Waals surface area (Å²) in [5, 5.41) is 7.62. The van der Waals surface area contributed by atoms with Gasteiger partial charge in [0.05, 0.1) is 37.2 Å². The van der Waals surface area contributed by atoms with Crippen molar-refractivity contribution in [1.82, 2.24) is 20.1 Å². The van der Waals surface area contributed by atoms with Crippen molar-refractivity contribution in [3.8, 4) is 17.3 Å². The minimum atomic E-state index is -3.54. The van der Waals surface area contributed by atoms with E-state index in [1.807, 2.05) is 24.3 Å². The Kier molecular flexibility index (Phi) is 7.98. The zero-order valence-electron chi connectivity index (χ0n) is 22.8. The highest BCUT2D eigenvalue weighted by molar-refractivity contribution is 5.98. The number of pyridine rings is 1. The highest BCUT2D eigenvalue weighted by Crippen LogP contribution is 2.30. The van der Waals surface area contributed by atoms with Crippen LogP contribution < -0.4 is 14.8 Å². The third-order valence-electron chi connectivity index (χ3n) is 6.99. The summed E-state index contributed by atoms with van der Waals surface area (Å²) < 4.78 is 45.7. The summed E-state index contributed by atoms with van der Waals surface area (Å²) in [6.45, 7) is 3.16. The number of halogens is 2. The smallest absolute Gasteiger partial charge is 0.321 e. The Morgan fingerprint density at radius 2 is 1.98 bits per heavy atom. The molecule has 41 heavy (non-hydrogen) atoms. The Hall–Kier alpha value is -4.38. The van der Waals surface area contributed by atoms with Crippen LogP contribution in [0.4, 0.5) is 8.78 Å². The first kappa shape index (κ1) is 28.2. The number of alkyl halides is 2. The van der Waals surface area contributed by atoms with Gasteiger partial charge < -0.3 is 19.5 Å². The van der Waals surface area contributed by atoms with Gasteiger partial charge in [0, 0.05) is 48.2 Å². The molecule has 1 fully saturated rings. The predicted molar refractivity (Wildman–Crippen MR) is 147 cm³/mol. The van der Waals surface area contributed by atoms with Gasteiger partial charge in [-0.1, -0.05) is 12.1 Å². The topological polar surface area (TPSA) is 105 Å². The van der Waals surface area contributed by atoms with Crippen molar-refractivity contribution in [3.63, 3.8) is 0 Å². The molecule has 3 heterocycles. The highest BCUT2D eigenvalue weighted by Gasteiger charge is 2.35. The number of carbonyl (C=O) groups excluding carboxylic acids is 2. The lowest BCUT2D eigenvalue weighted by Crippen LogP contribution is -2.46. The summed E-state index contributed by atoms with van der Waals surface area (Å²) in [5.74, 6) is -4.22. The molecular formula is C30H30F2N4O5. The summed E-state index contributed by atoms with van der Waals surface area (Å²) >= 11 is 0. The molecule has 0 saturated carbocycles. The Morgan fingerprint density at radius 3 is 2.66 bits per heavy atom. The summed E-state index contributed by atoms with van der Waals surface area (Å²) in [6, 6.07) is 15.1. The normalized spacial score (nSPS) is 16.8. The predicted octanol–water partition coefficient (Wildman–Crippen LogP) is 4.93. The van der Waals surface area contributed by atoms with Gasteiger partial charge in [0.15, 0.2) is 5.78 Å². The largest absolute Gasteiger partial charge is 0.484 e. The van der Waals surface area contributed by atoms with Crippen LogP contribution in [0.25, 0.3) is 16.6 Å². The number of nitrogens with zero attached hydrogens (tertiary/aromatic N) is 3. The van der Waals surface area contributed by atoms with Gasteiger partial charge in [0.2, 0.25) is 5.88 Å². The number of benzene rings is 2. The van der Waals surface area contributed by atoms with Crippen molar-refractivity contribution < 1.29 is 32.6 Å². The minimum Gasteiger partial charge on any atom is -0.484 e. The lowest BCUT2D eigenvalue weighted by Gasteiger charge is -2.27. The van der Waals surface area contributed by atoms with Crippen molar-refractivity contribution in [2.75, 3.05) is 20.3 Å². The summed E-state index contributed by atoms with van der Waals surface area (Å²) in [7, 11) is 1.48. The fraction of sp³-hybridized carbons (Fsp3) is 0.333. The number of Topliss-reactive ketones (excluding diaryl/α,β-unsaturated/α-hetero) is 1. The number of ether oxygens (including phenoxy) is 3. The van der Waals surface area contributed by atoms with Crippen molar-refractivity contribution in [2.24, 2.45) is 5.92 Å². The van der Waals surface area contributed by atoms with E-state index in [-0.39, 0.29) is 11.7 Å². The van der Waals surface area contributed by atoms with Crippen LogP contribution in [0.2, 0.25) is 0 Å². The van der Waals surface area contributed by atoms with Crippen LogP contribution in [0, 0.1) is 5.92 Å². The highest BCUT2D eigenvalue weighted by atomic mass is 19.3. The van der Waals surface area contributed by atoms with E-state index < -0.39 is 24.0 Å². The van der Waals surface area contributed by atoms with Crippen LogP contribution in [0.15, 0.2) is 67.0 Å². The van der Waals surface area contributed by atoms with E-state index in [1.165, 1.54) is 13.3 Å². The zero-order valence-corrected chi connectivity index (χ0v) is 22.8. The van der Waals surface area contributed by atoms with Crippen LogP contribution >= 0.6 is 0 Å². The molecule has 9 nitrogen and oxygen atoms in total. The zero-order chi connectivity index (χ0) is 29.1. The monoisotopic (exact) mass is 564 g/mol. The SMILES string of the molecule is COc1ccc([C@@H](Oc2ccc3c(cnn3-c3cccc(C(=O)C4CCOC4)c3)c2)[C@H](C)NC(=O)C(C)(F)F)cn1. The summed E-state index contributed by atoms with van der Waals surface area (Å²) in [6.07, 6.45) is 3.06. The van der Waals surface area contributed by atoms with Gasteiger partial charge in [0.1, 0.15) is 11.9 Å². The van der Waals surface area contributed by atoms with E-state index >= 15 is 0 Å². The molecule has 1 amide bonds. The fourth-order valence-electron chi connectivity index (χ4n) is 4.75. The second-order valence-corrected chi connectivity index (χ2v) is 10.1. The molecule has 3 atom stereocenters. The molecule has 1 N–H and O–H groups in total. The third-order valence-corrected chi connectivity index (χ3v) is 6.99. The first-order valence-corrected chi connectivity index (χ1v) is 13.2.